The van der Waals surface area contributed by atoms with Gasteiger partial charge in [0.25, 0.3) is 0 Å². The summed E-state index contributed by atoms with van der Waals surface area (Å²) in [6.07, 6.45) is 3.81. The second-order valence-corrected chi connectivity index (χ2v) is 13.1. The van der Waals surface area contributed by atoms with Crippen LogP contribution in [0.3, 0.4) is 0 Å². The molecule has 3 nitrogen and oxygen atoms in total. The lowest BCUT2D eigenvalue weighted by Gasteiger charge is -2.19. The molecule has 242 valence electrons. The van der Waals surface area contributed by atoms with Crippen molar-refractivity contribution in [1.29, 1.82) is 0 Å². The first kappa shape index (κ1) is 29.9. The molecule has 0 N–H and O–H groups in total. The van der Waals surface area contributed by atoms with E-state index in [0.29, 0.717) is 0 Å². The molecule has 10 aromatic rings. The average molecular weight is 662 g/mol. The van der Waals surface area contributed by atoms with Crippen LogP contribution in [0.5, 0.6) is 0 Å². The summed E-state index contributed by atoms with van der Waals surface area (Å²) < 4.78 is 0. The maximum absolute atomic E-state index is 5.13. The third-order valence-electron chi connectivity index (χ3n) is 10.2. The van der Waals surface area contributed by atoms with Gasteiger partial charge in [-0.2, -0.15) is 0 Å². The maximum Gasteiger partial charge on any atom is 0.0973 e. The van der Waals surface area contributed by atoms with Gasteiger partial charge in [0.05, 0.1) is 22.4 Å². The van der Waals surface area contributed by atoms with Gasteiger partial charge in [-0.25, -0.2) is 9.97 Å². The van der Waals surface area contributed by atoms with Crippen molar-refractivity contribution in [3.05, 3.63) is 188 Å². The van der Waals surface area contributed by atoms with E-state index in [-0.39, 0.29) is 0 Å². The predicted octanol–water partition coefficient (Wildman–Crippen LogP) is 12.8. The minimum Gasteiger partial charge on any atom is -0.264 e. The van der Waals surface area contributed by atoms with Crippen molar-refractivity contribution >= 4 is 43.4 Å². The topological polar surface area (TPSA) is 38.7 Å². The molecule has 0 amide bonds. The van der Waals surface area contributed by atoms with E-state index in [1.807, 2.05) is 48.8 Å². The Morgan fingerprint density at radius 2 is 0.731 bits per heavy atom. The predicted molar refractivity (Wildman–Crippen MR) is 217 cm³/mol. The van der Waals surface area contributed by atoms with Crippen molar-refractivity contribution in [2.24, 2.45) is 0 Å². The SMILES string of the molecule is c1ccc(-c2nc3ccccc3nc2-c2ccc(-c3ccc(-c4c5ccccc5c(-c5cccnc5)c5ccccc45)c4ccccc34)cc2)cc1. The summed E-state index contributed by atoms with van der Waals surface area (Å²) in [6, 6.07) is 62.4. The van der Waals surface area contributed by atoms with Crippen molar-refractivity contribution in [3.8, 4) is 55.9 Å². The number of para-hydroxylation sites is 2. The van der Waals surface area contributed by atoms with E-state index in [9.17, 15) is 0 Å². The Bertz CT molecular complexity index is 2880. The van der Waals surface area contributed by atoms with Crippen LogP contribution in [0.2, 0.25) is 0 Å². The summed E-state index contributed by atoms with van der Waals surface area (Å²) >= 11 is 0. The second-order valence-electron chi connectivity index (χ2n) is 13.1. The lowest BCUT2D eigenvalue weighted by molar-refractivity contribution is 1.29. The van der Waals surface area contributed by atoms with Crippen LogP contribution in [0.4, 0.5) is 0 Å². The van der Waals surface area contributed by atoms with Gasteiger partial charge >= 0.3 is 0 Å². The number of pyridine rings is 1. The number of rotatable bonds is 5. The quantitative estimate of drug-likeness (QED) is 0.172. The standard InChI is InChI=1S/C49H31N3/c1-2-13-33(14-3-1)48-49(52-45-23-11-10-22-44(45)51-48)34-26-24-32(25-27-34)36-28-29-43(38-17-5-4-16-37(36)38)47-41-20-8-6-18-39(41)46(35-15-12-30-50-31-35)40-19-7-9-21-42(40)47/h1-31H. The lowest BCUT2D eigenvalue weighted by atomic mass is 9.84. The highest BCUT2D eigenvalue weighted by Crippen LogP contribution is 2.46. The molecule has 0 aliphatic rings. The van der Waals surface area contributed by atoms with Crippen molar-refractivity contribution in [2.75, 3.05) is 0 Å². The highest BCUT2D eigenvalue weighted by atomic mass is 14.8. The van der Waals surface area contributed by atoms with E-state index >= 15 is 0 Å². The fraction of sp³-hybridized carbons (Fsp3) is 0. The summed E-state index contributed by atoms with van der Waals surface area (Å²) in [5, 5.41) is 7.34. The summed E-state index contributed by atoms with van der Waals surface area (Å²) in [6.45, 7) is 0. The lowest BCUT2D eigenvalue weighted by Crippen LogP contribution is -1.95. The Morgan fingerprint density at radius 1 is 0.288 bits per heavy atom. The molecule has 0 aliphatic heterocycles. The number of aromatic nitrogens is 3. The second kappa shape index (κ2) is 12.4. The molecule has 2 aromatic heterocycles. The molecular formula is C49H31N3. The average Bonchev–Trinajstić information content (AvgIpc) is 3.23. The monoisotopic (exact) mass is 661 g/mol. The third kappa shape index (κ3) is 4.94. The molecular weight excluding hydrogens is 631 g/mol. The highest BCUT2D eigenvalue weighted by molar-refractivity contribution is 6.24. The molecule has 0 bridgehead atoms. The van der Waals surface area contributed by atoms with Crippen LogP contribution in [0, 0.1) is 0 Å². The van der Waals surface area contributed by atoms with E-state index in [2.05, 4.69) is 145 Å². The molecule has 3 heteroatoms. The van der Waals surface area contributed by atoms with Crippen molar-refractivity contribution in [1.82, 2.24) is 15.0 Å². The van der Waals surface area contributed by atoms with Crippen LogP contribution >= 0.6 is 0 Å². The number of fused-ring (bicyclic) bond motifs is 4. The summed E-state index contributed by atoms with van der Waals surface area (Å²) in [5.41, 5.74) is 12.8. The van der Waals surface area contributed by atoms with Crippen molar-refractivity contribution < 1.29 is 0 Å². The van der Waals surface area contributed by atoms with E-state index in [0.717, 1.165) is 44.7 Å². The molecule has 2 heterocycles. The van der Waals surface area contributed by atoms with Crippen LogP contribution in [0.1, 0.15) is 0 Å². The molecule has 0 atom stereocenters. The van der Waals surface area contributed by atoms with Gasteiger partial charge in [0.15, 0.2) is 0 Å². The molecule has 8 aromatic carbocycles. The van der Waals surface area contributed by atoms with Gasteiger partial charge in [0.2, 0.25) is 0 Å². The van der Waals surface area contributed by atoms with Gasteiger partial charge in [-0.15, -0.1) is 0 Å². The minimum absolute atomic E-state index is 0.880. The fourth-order valence-electron chi connectivity index (χ4n) is 7.82. The Labute approximate surface area is 301 Å². The van der Waals surface area contributed by atoms with E-state index in [1.165, 1.54) is 54.6 Å². The third-order valence-corrected chi connectivity index (χ3v) is 10.2. The Hall–Kier alpha value is -6.97. The normalized spacial score (nSPS) is 11.5. The molecule has 0 aliphatic carbocycles. The molecule has 0 unspecified atom stereocenters. The molecule has 0 fully saturated rings. The molecule has 52 heavy (non-hydrogen) atoms. The largest absolute Gasteiger partial charge is 0.264 e. The maximum atomic E-state index is 5.13. The van der Waals surface area contributed by atoms with Gasteiger partial charge in [0, 0.05) is 29.1 Å². The van der Waals surface area contributed by atoms with E-state index < -0.39 is 0 Å². The van der Waals surface area contributed by atoms with Crippen LogP contribution in [-0.2, 0) is 0 Å². The zero-order chi connectivity index (χ0) is 34.4. The van der Waals surface area contributed by atoms with Gasteiger partial charge in [-0.05, 0) is 78.3 Å². The number of nitrogens with zero attached hydrogens (tertiary/aromatic N) is 3. The highest BCUT2D eigenvalue weighted by Gasteiger charge is 2.19. The van der Waals surface area contributed by atoms with Gasteiger partial charge in [-0.1, -0.05) is 158 Å². The first-order valence-electron chi connectivity index (χ1n) is 17.6. The Morgan fingerprint density at radius 3 is 1.31 bits per heavy atom. The molecule has 0 radical (unpaired) electrons. The minimum atomic E-state index is 0.880. The summed E-state index contributed by atoms with van der Waals surface area (Å²) in [4.78, 5) is 14.7. The summed E-state index contributed by atoms with van der Waals surface area (Å²) in [7, 11) is 0. The molecule has 0 saturated carbocycles. The van der Waals surface area contributed by atoms with Gasteiger partial charge < -0.3 is 0 Å². The number of hydrogen-bond donors (Lipinski definition) is 0. The Balaban J connectivity index is 1.14. The van der Waals surface area contributed by atoms with E-state index in [1.54, 1.807) is 0 Å². The zero-order valence-corrected chi connectivity index (χ0v) is 28.2. The molecule has 0 saturated heterocycles. The van der Waals surface area contributed by atoms with Crippen LogP contribution in [-0.4, -0.2) is 15.0 Å². The molecule has 10 rings (SSSR count). The summed E-state index contributed by atoms with van der Waals surface area (Å²) in [5.74, 6) is 0. The Kier molecular flexibility index (Phi) is 7.14. The van der Waals surface area contributed by atoms with Gasteiger partial charge in [-0.3, -0.25) is 4.98 Å². The zero-order valence-electron chi connectivity index (χ0n) is 28.2. The number of benzene rings is 8. The smallest absolute Gasteiger partial charge is 0.0973 e. The molecule has 0 spiro atoms. The van der Waals surface area contributed by atoms with E-state index in [4.69, 9.17) is 9.97 Å². The fourth-order valence-corrected chi connectivity index (χ4v) is 7.82. The van der Waals surface area contributed by atoms with Gasteiger partial charge in [0.1, 0.15) is 0 Å². The first-order chi connectivity index (χ1) is 25.8. The van der Waals surface area contributed by atoms with Crippen LogP contribution < -0.4 is 0 Å². The first-order valence-corrected chi connectivity index (χ1v) is 17.6. The number of hydrogen-bond acceptors (Lipinski definition) is 3. The van der Waals surface area contributed by atoms with Crippen LogP contribution in [0.15, 0.2) is 188 Å². The van der Waals surface area contributed by atoms with Crippen molar-refractivity contribution in [2.45, 2.75) is 0 Å². The van der Waals surface area contributed by atoms with Crippen molar-refractivity contribution in [3.63, 3.8) is 0 Å². The van der Waals surface area contributed by atoms with Crippen LogP contribution in [0.25, 0.3) is 99.2 Å².